The van der Waals surface area contributed by atoms with Gasteiger partial charge in [0.1, 0.15) is 5.75 Å². The van der Waals surface area contributed by atoms with E-state index in [1.54, 1.807) is 36.2 Å². The van der Waals surface area contributed by atoms with Crippen molar-refractivity contribution in [2.45, 2.75) is 6.54 Å². The van der Waals surface area contributed by atoms with Gasteiger partial charge in [-0.2, -0.15) is 0 Å². The third-order valence-corrected chi connectivity index (χ3v) is 1.91. The monoisotopic (exact) mass is 191 g/mol. The molecule has 1 rings (SSSR count). The molecule has 0 aliphatic rings. The molecule has 0 aliphatic heterocycles. The minimum Gasteiger partial charge on any atom is -0.508 e. The summed E-state index contributed by atoms with van der Waals surface area (Å²) < 4.78 is 0. The van der Waals surface area contributed by atoms with Gasteiger partial charge in [-0.1, -0.05) is 18.7 Å². The summed E-state index contributed by atoms with van der Waals surface area (Å²) in [5, 5.41) is 9.05. The van der Waals surface area contributed by atoms with Gasteiger partial charge in [-0.25, -0.2) is 0 Å². The minimum atomic E-state index is -0.113. The predicted octanol–water partition coefficient (Wildman–Crippen LogP) is 1.54. The van der Waals surface area contributed by atoms with Gasteiger partial charge in [-0.3, -0.25) is 4.79 Å². The van der Waals surface area contributed by atoms with Crippen molar-refractivity contribution in [2.24, 2.45) is 0 Å². The largest absolute Gasteiger partial charge is 0.508 e. The van der Waals surface area contributed by atoms with Crippen LogP contribution in [-0.2, 0) is 11.3 Å². The van der Waals surface area contributed by atoms with Gasteiger partial charge in [-0.05, 0) is 23.8 Å². The van der Waals surface area contributed by atoms with Gasteiger partial charge >= 0.3 is 0 Å². The Labute approximate surface area is 83.3 Å². The van der Waals surface area contributed by atoms with E-state index in [2.05, 4.69) is 6.58 Å². The molecule has 0 saturated carbocycles. The Morgan fingerprint density at radius 2 is 2.07 bits per heavy atom. The quantitative estimate of drug-likeness (QED) is 0.736. The van der Waals surface area contributed by atoms with Crippen LogP contribution in [0.15, 0.2) is 36.9 Å². The van der Waals surface area contributed by atoms with Crippen LogP contribution in [0.25, 0.3) is 0 Å². The molecule has 0 unspecified atom stereocenters. The van der Waals surface area contributed by atoms with E-state index >= 15 is 0 Å². The van der Waals surface area contributed by atoms with Crippen LogP contribution in [0.4, 0.5) is 0 Å². The number of benzene rings is 1. The van der Waals surface area contributed by atoms with E-state index in [1.807, 2.05) is 0 Å². The Balaban J connectivity index is 2.64. The van der Waals surface area contributed by atoms with Crippen LogP contribution in [0.5, 0.6) is 5.75 Å². The van der Waals surface area contributed by atoms with Crippen LogP contribution < -0.4 is 0 Å². The molecule has 3 heteroatoms. The summed E-state index contributed by atoms with van der Waals surface area (Å²) in [5.74, 6) is 0.115. The second kappa shape index (κ2) is 4.46. The van der Waals surface area contributed by atoms with Gasteiger partial charge in [0.25, 0.3) is 0 Å². The Morgan fingerprint density at radius 1 is 1.50 bits per heavy atom. The molecule has 3 nitrogen and oxygen atoms in total. The second-order valence-electron chi connectivity index (χ2n) is 3.06. The predicted molar refractivity (Wildman–Crippen MR) is 54.8 cm³/mol. The average molecular weight is 191 g/mol. The van der Waals surface area contributed by atoms with Crippen LogP contribution in [0.1, 0.15) is 5.56 Å². The van der Waals surface area contributed by atoms with Crippen molar-refractivity contribution in [1.29, 1.82) is 0 Å². The number of rotatable bonds is 3. The van der Waals surface area contributed by atoms with Crippen molar-refractivity contribution in [3.63, 3.8) is 0 Å². The van der Waals surface area contributed by atoms with Crippen molar-refractivity contribution < 1.29 is 9.90 Å². The SMILES string of the molecule is C=CC(=O)N(C)Cc1ccc(O)cc1. The highest BCUT2D eigenvalue weighted by molar-refractivity contribution is 5.86. The van der Waals surface area contributed by atoms with Crippen molar-refractivity contribution >= 4 is 5.91 Å². The zero-order valence-electron chi connectivity index (χ0n) is 8.10. The second-order valence-corrected chi connectivity index (χ2v) is 3.06. The molecule has 14 heavy (non-hydrogen) atoms. The van der Waals surface area contributed by atoms with E-state index in [1.165, 1.54) is 6.08 Å². The van der Waals surface area contributed by atoms with E-state index in [0.29, 0.717) is 6.54 Å². The minimum absolute atomic E-state index is 0.113. The number of carbonyl (C=O) groups is 1. The third kappa shape index (κ3) is 2.62. The summed E-state index contributed by atoms with van der Waals surface area (Å²) in [5.41, 5.74) is 0.973. The Kier molecular flexibility index (Phi) is 3.29. The van der Waals surface area contributed by atoms with Crippen LogP contribution in [0.3, 0.4) is 0 Å². The maximum atomic E-state index is 11.1. The Bertz CT molecular complexity index is 330. The van der Waals surface area contributed by atoms with Gasteiger partial charge in [0.2, 0.25) is 5.91 Å². The van der Waals surface area contributed by atoms with Gasteiger partial charge < -0.3 is 10.0 Å². The summed E-state index contributed by atoms with van der Waals surface area (Å²) in [6.45, 7) is 3.93. The standard InChI is InChI=1S/C11H13NO2/c1-3-11(14)12(2)8-9-4-6-10(13)7-5-9/h3-7,13H,1,8H2,2H3. The maximum Gasteiger partial charge on any atom is 0.245 e. The van der Waals surface area contributed by atoms with Crippen LogP contribution in [0, 0.1) is 0 Å². The highest BCUT2D eigenvalue weighted by Gasteiger charge is 2.04. The van der Waals surface area contributed by atoms with Crippen molar-refractivity contribution in [3.05, 3.63) is 42.5 Å². The van der Waals surface area contributed by atoms with Gasteiger partial charge in [0.15, 0.2) is 0 Å². The molecular weight excluding hydrogens is 178 g/mol. The normalized spacial score (nSPS) is 9.50. The molecule has 0 saturated heterocycles. The lowest BCUT2D eigenvalue weighted by Crippen LogP contribution is -2.23. The number of amides is 1. The van der Waals surface area contributed by atoms with E-state index in [0.717, 1.165) is 5.56 Å². The molecule has 0 radical (unpaired) electrons. The lowest BCUT2D eigenvalue weighted by Gasteiger charge is -2.14. The number of hydrogen-bond acceptors (Lipinski definition) is 2. The van der Waals surface area contributed by atoms with Crippen molar-refractivity contribution in [1.82, 2.24) is 4.90 Å². The van der Waals surface area contributed by atoms with Crippen LogP contribution >= 0.6 is 0 Å². The summed E-state index contributed by atoms with van der Waals surface area (Å²) in [6.07, 6.45) is 1.28. The lowest BCUT2D eigenvalue weighted by molar-refractivity contribution is -0.125. The number of phenols is 1. The number of aromatic hydroxyl groups is 1. The third-order valence-electron chi connectivity index (χ3n) is 1.91. The lowest BCUT2D eigenvalue weighted by atomic mass is 10.2. The maximum absolute atomic E-state index is 11.1. The molecule has 1 aromatic rings. The van der Waals surface area contributed by atoms with E-state index < -0.39 is 0 Å². The molecule has 0 spiro atoms. The topological polar surface area (TPSA) is 40.5 Å². The zero-order chi connectivity index (χ0) is 10.6. The number of nitrogens with zero attached hydrogens (tertiary/aromatic N) is 1. The molecule has 1 aromatic carbocycles. The summed E-state index contributed by atoms with van der Waals surface area (Å²) in [4.78, 5) is 12.7. The molecule has 0 aromatic heterocycles. The first-order valence-corrected chi connectivity index (χ1v) is 4.29. The van der Waals surface area contributed by atoms with E-state index in [9.17, 15) is 4.79 Å². The fourth-order valence-electron chi connectivity index (χ4n) is 1.11. The molecule has 0 heterocycles. The molecule has 1 N–H and O–H groups in total. The Hall–Kier alpha value is -1.77. The van der Waals surface area contributed by atoms with E-state index in [-0.39, 0.29) is 11.7 Å². The average Bonchev–Trinajstić information content (AvgIpc) is 2.20. The van der Waals surface area contributed by atoms with Gasteiger partial charge in [0, 0.05) is 13.6 Å². The smallest absolute Gasteiger partial charge is 0.245 e. The van der Waals surface area contributed by atoms with E-state index in [4.69, 9.17) is 5.11 Å². The number of phenolic OH excluding ortho intramolecular Hbond substituents is 1. The first-order chi connectivity index (χ1) is 6.63. The highest BCUT2D eigenvalue weighted by Crippen LogP contribution is 2.10. The van der Waals surface area contributed by atoms with Crippen LogP contribution in [-0.4, -0.2) is 23.0 Å². The van der Waals surface area contributed by atoms with Gasteiger partial charge in [0.05, 0.1) is 0 Å². The first-order valence-electron chi connectivity index (χ1n) is 4.29. The highest BCUT2D eigenvalue weighted by atomic mass is 16.3. The van der Waals surface area contributed by atoms with Crippen molar-refractivity contribution in [2.75, 3.05) is 7.05 Å². The fraction of sp³-hybridized carbons (Fsp3) is 0.182. The molecular formula is C11H13NO2. The molecule has 74 valence electrons. The molecule has 0 atom stereocenters. The number of hydrogen-bond donors (Lipinski definition) is 1. The van der Waals surface area contributed by atoms with Crippen molar-refractivity contribution in [3.8, 4) is 5.75 Å². The zero-order valence-corrected chi connectivity index (χ0v) is 8.10. The fourth-order valence-corrected chi connectivity index (χ4v) is 1.11. The molecule has 0 aliphatic carbocycles. The first kappa shape index (κ1) is 10.3. The van der Waals surface area contributed by atoms with Gasteiger partial charge in [-0.15, -0.1) is 0 Å². The molecule has 0 fully saturated rings. The molecule has 0 bridgehead atoms. The number of likely N-dealkylation sites (N-methyl/N-ethyl adjacent to an activating group) is 1. The summed E-state index contributed by atoms with van der Waals surface area (Å²) in [6, 6.07) is 6.76. The summed E-state index contributed by atoms with van der Waals surface area (Å²) in [7, 11) is 1.71. The Morgan fingerprint density at radius 3 is 2.57 bits per heavy atom. The number of carbonyl (C=O) groups excluding carboxylic acids is 1. The summed E-state index contributed by atoms with van der Waals surface area (Å²) >= 11 is 0. The molecule has 1 amide bonds. The van der Waals surface area contributed by atoms with Crippen LogP contribution in [0.2, 0.25) is 0 Å².